The molecule has 1 fully saturated rings. The van der Waals surface area contributed by atoms with Gasteiger partial charge in [-0.3, -0.25) is 0 Å². The van der Waals surface area contributed by atoms with Crippen LogP contribution in [-0.2, 0) is 0 Å². The number of hydrogen-bond donors (Lipinski definition) is 1. The van der Waals surface area contributed by atoms with E-state index in [-0.39, 0.29) is 0 Å². The van der Waals surface area contributed by atoms with Crippen molar-refractivity contribution in [2.24, 2.45) is 0 Å². The van der Waals surface area contributed by atoms with Crippen molar-refractivity contribution in [2.45, 2.75) is 18.8 Å². The van der Waals surface area contributed by atoms with Crippen LogP contribution >= 0.6 is 11.6 Å². The molecule has 2 aromatic rings. The predicted molar refractivity (Wildman–Crippen MR) is 68.9 cm³/mol. The minimum absolute atomic E-state index is 0.534. The number of halogens is 1. The van der Waals surface area contributed by atoms with Gasteiger partial charge in [-0.2, -0.15) is 0 Å². The Balaban J connectivity index is 2.04. The van der Waals surface area contributed by atoms with Crippen LogP contribution in [-0.4, -0.2) is 9.97 Å². The van der Waals surface area contributed by atoms with Gasteiger partial charge in [0, 0.05) is 28.3 Å². The van der Waals surface area contributed by atoms with E-state index in [9.17, 15) is 0 Å². The van der Waals surface area contributed by atoms with Crippen molar-refractivity contribution >= 4 is 17.4 Å². The highest BCUT2D eigenvalue weighted by molar-refractivity contribution is 6.30. The second-order valence-corrected chi connectivity index (χ2v) is 4.76. The molecule has 1 aromatic carbocycles. The summed E-state index contributed by atoms with van der Waals surface area (Å²) in [4.78, 5) is 8.83. The quantitative estimate of drug-likeness (QED) is 0.884. The molecule has 1 aliphatic rings. The van der Waals surface area contributed by atoms with E-state index in [1.54, 1.807) is 0 Å². The van der Waals surface area contributed by atoms with Gasteiger partial charge in [-0.25, -0.2) is 9.97 Å². The van der Waals surface area contributed by atoms with Crippen LogP contribution < -0.4 is 5.73 Å². The summed E-state index contributed by atoms with van der Waals surface area (Å²) in [5.41, 5.74) is 7.82. The molecule has 4 heteroatoms. The van der Waals surface area contributed by atoms with Crippen molar-refractivity contribution in [3.8, 4) is 11.4 Å². The molecule has 0 amide bonds. The molecule has 1 heterocycles. The number of anilines is 1. The number of benzene rings is 1. The standard InChI is InChI=1S/C13H12ClN3/c14-10-5-3-9(4-6-10)13-16-11(8-1-2-8)7-12(15)17-13/h3-8H,1-2H2,(H2,15,16,17). The van der Waals surface area contributed by atoms with Crippen LogP contribution in [0.4, 0.5) is 5.82 Å². The highest BCUT2D eigenvalue weighted by Gasteiger charge is 2.26. The number of rotatable bonds is 2. The average Bonchev–Trinajstić information content (AvgIpc) is 3.13. The van der Waals surface area contributed by atoms with Crippen LogP contribution in [0, 0.1) is 0 Å². The number of nitrogens with zero attached hydrogens (tertiary/aromatic N) is 2. The first-order valence-corrected chi connectivity index (χ1v) is 6.00. The van der Waals surface area contributed by atoms with Crippen LogP contribution in [0.25, 0.3) is 11.4 Å². The third kappa shape index (κ3) is 2.24. The first kappa shape index (κ1) is 10.5. The van der Waals surface area contributed by atoms with E-state index in [0.717, 1.165) is 11.3 Å². The number of aromatic nitrogens is 2. The Kier molecular flexibility index (Phi) is 2.48. The van der Waals surface area contributed by atoms with Gasteiger partial charge in [0.15, 0.2) is 5.82 Å². The van der Waals surface area contributed by atoms with Crippen molar-refractivity contribution in [3.05, 3.63) is 41.0 Å². The fourth-order valence-corrected chi connectivity index (χ4v) is 1.93. The summed E-state index contributed by atoms with van der Waals surface area (Å²) >= 11 is 5.86. The van der Waals surface area contributed by atoms with Crippen LogP contribution in [0.5, 0.6) is 0 Å². The van der Waals surface area contributed by atoms with Gasteiger partial charge >= 0.3 is 0 Å². The Hall–Kier alpha value is -1.61. The molecule has 2 N–H and O–H groups in total. The highest BCUT2D eigenvalue weighted by Crippen LogP contribution is 2.39. The van der Waals surface area contributed by atoms with E-state index in [2.05, 4.69) is 9.97 Å². The van der Waals surface area contributed by atoms with Gasteiger partial charge in [0.2, 0.25) is 0 Å². The molecule has 0 spiro atoms. The normalized spacial score (nSPS) is 14.9. The third-order valence-electron chi connectivity index (χ3n) is 2.86. The molecule has 0 aliphatic heterocycles. The van der Waals surface area contributed by atoms with Gasteiger partial charge in [-0.05, 0) is 37.1 Å². The van der Waals surface area contributed by atoms with Gasteiger partial charge in [-0.15, -0.1) is 0 Å². The molecule has 0 saturated heterocycles. The zero-order valence-corrected chi connectivity index (χ0v) is 9.98. The lowest BCUT2D eigenvalue weighted by Gasteiger charge is -2.05. The van der Waals surface area contributed by atoms with E-state index >= 15 is 0 Å². The first-order chi connectivity index (χ1) is 8.22. The molecular formula is C13H12ClN3. The molecule has 3 rings (SSSR count). The molecule has 0 bridgehead atoms. The van der Waals surface area contributed by atoms with Gasteiger partial charge in [-0.1, -0.05) is 11.6 Å². The number of nitrogen functional groups attached to an aromatic ring is 1. The molecule has 1 aromatic heterocycles. The lowest BCUT2D eigenvalue weighted by atomic mass is 10.2. The molecule has 1 aliphatic carbocycles. The van der Waals surface area contributed by atoms with E-state index in [0.29, 0.717) is 22.6 Å². The molecule has 0 atom stereocenters. The van der Waals surface area contributed by atoms with Crippen molar-refractivity contribution in [1.29, 1.82) is 0 Å². The summed E-state index contributed by atoms with van der Waals surface area (Å²) < 4.78 is 0. The van der Waals surface area contributed by atoms with Gasteiger partial charge in [0.1, 0.15) is 5.82 Å². The Bertz CT molecular complexity index is 547. The van der Waals surface area contributed by atoms with Crippen molar-refractivity contribution in [2.75, 3.05) is 5.73 Å². The summed E-state index contributed by atoms with van der Waals surface area (Å²) in [6.45, 7) is 0. The van der Waals surface area contributed by atoms with E-state index < -0.39 is 0 Å². The molecule has 86 valence electrons. The Labute approximate surface area is 105 Å². The summed E-state index contributed by atoms with van der Waals surface area (Å²) in [5.74, 6) is 1.79. The Morgan fingerprint density at radius 2 is 1.82 bits per heavy atom. The van der Waals surface area contributed by atoms with E-state index in [1.807, 2.05) is 30.3 Å². The fourth-order valence-electron chi connectivity index (χ4n) is 1.80. The van der Waals surface area contributed by atoms with Crippen molar-refractivity contribution in [1.82, 2.24) is 9.97 Å². The SMILES string of the molecule is Nc1cc(C2CC2)nc(-c2ccc(Cl)cc2)n1. The minimum Gasteiger partial charge on any atom is -0.384 e. The summed E-state index contributed by atoms with van der Waals surface area (Å²) in [6, 6.07) is 9.36. The van der Waals surface area contributed by atoms with Crippen molar-refractivity contribution in [3.63, 3.8) is 0 Å². The van der Waals surface area contributed by atoms with E-state index in [4.69, 9.17) is 17.3 Å². The zero-order valence-electron chi connectivity index (χ0n) is 9.23. The smallest absolute Gasteiger partial charge is 0.161 e. The average molecular weight is 246 g/mol. The lowest BCUT2D eigenvalue weighted by Crippen LogP contribution is -1.99. The lowest BCUT2D eigenvalue weighted by molar-refractivity contribution is 0.998. The van der Waals surface area contributed by atoms with Crippen LogP contribution in [0.1, 0.15) is 24.5 Å². The molecule has 0 unspecified atom stereocenters. The first-order valence-electron chi connectivity index (χ1n) is 5.63. The summed E-state index contributed by atoms with van der Waals surface area (Å²) in [7, 11) is 0. The van der Waals surface area contributed by atoms with Crippen molar-refractivity contribution < 1.29 is 0 Å². The van der Waals surface area contributed by atoms with Crippen LogP contribution in [0.15, 0.2) is 30.3 Å². The fraction of sp³-hybridized carbons (Fsp3) is 0.231. The largest absolute Gasteiger partial charge is 0.384 e. The highest BCUT2D eigenvalue weighted by atomic mass is 35.5. The maximum Gasteiger partial charge on any atom is 0.161 e. The van der Waals surface area contributed by atoms with Gasteiger partial charge < -0.3 is 5.73 Å². The predicted octanol–water partition coefficient (Wildman–Crippen LogP) is 3.26. The molecular weight excluding hydrogens is 234 g/mol. The van der Waals surface area contributed by atoms with Gasteiger partial charge in [0.05, 0.1) is 0 Å². The molecule has 0 radical (unpaired) electrons. The monoisotopic (exact) mass is 245 g/mol. The zero-order chi connectivity index (χ0) is 11.8. The number of hydrogen-bond acceptors (Lipinski definition) is 3. The van der Waals surface area contributed by atoms with Crippen LogP contribution in [0.2, 0.25) is 5.02 Å². The Morgan fingerprint density at radius 3 is 2.47 bits per heavy atom. The van der Waals surface area contributed by atoms with Crippen LogP contribution in [0.3, 0.4) is 0 Å². The minimum atomic E-state index is 0.534. The Morgan fingerprint density at radius 1 is 1.12 bits per heavy atom. The second-order valence-electron chi connectivity index (χ2n) is 4.32. The maximum atomic E-state index is 5.86. The molecule has 3 nitrogen and oxygen atoms in total. The third-order valence-corrected chi connectivity index (χ3v) is 3.12. The number of nitrogens with two attached hydrogens (primary N) is 1. The maximum absolute atomic E-state index is 5.86. The molecule has 17 heavy (non-hydrogen) atoms. The summed E-state index contributed by atoms with van der Waals surface area (Å²) in [5, 5.41) is 0.708. The summed E-state index contributed by atoms with van der Waals surface area (Å²) in [6.07, 6.45) is 2.41. The topological polar surface area (TPSA) is 51.8 Å². The molecule has 1 saturated carbocycles. The van der Waals surface area contributed by atoms with E-state index in [1.165, 1.54) is 12.8 Å². The van der Waals surface area contributed by atoms with Gasteiger partial charge in [0.25, 0.3) is 0 Å². The second kappa shape index (κ2) is 4.00.